The number of nitrogens with zero attached hydrogens (tertiary/aromatic N) is 4. The zero-order valence-corrected chi connectivity index (χ0v) is 13.6. The minimum Gasteiger partial charge on any atom is -0.355 e. The lowest BCUT2D eigenvalue weighted by atomic mass is 10.3. The maximum Gasteiger partial charge on any atom is 0.163 e. The van der Waals surface area contributed by atoms with Crippen molar-refractivity contribution in [2.75, 3.05) is 18.0 Å². The minimum absolute atomic E-state index is 0.808. The molecule has 0 aromatic carbocycles. The Morgan fingerprint density at radius 1 is 1.21 bits per heavy atom. The molecule has 2 aromatic heterocycles. The molecule has 0 amide bonds. The van der Waals surface area contributed by atoms with Crippen molar-refractivity contribution in [1.82, 2.24) is 14.5 Å². The van der Waals surface area contributed by atoms with E-state index in [0.29, 0.717) is 0 Å². The highest BCUT2D eigenvalue weighted by atomic mass is 32.1. The van der Waals surface area contributed by atoms with Gasteiger partial charge in [0.15, 0.2) is 15.4 Å². The Morgan fingerprint density at radius 2 is 1.84 bits per heavy atom. The molecule has 0 saturated carbocycles. The van der Waals surface area contributed by atoms with Crippen molar-refractivity contribution in [1.29, 1.82) is 0 Å². The van der Waals surface area contributed by atoms with Gasteiger partial charge in [0.2, 0.25) is 0 Å². The van der Waals surface area contributed by atoms with Gasteiger partial charge < -0.3 is 9.47 Å². The van der Waals surface area contributed by atoms with Gasteiger partial charge >= 0.3 is 0 Å². The van der Waals surface area contributed by atoms with E-state index in [0.717, 1.165) is 51.9 Å². The summed E-state index contributed by atoms with van der Waals surface area (Å²) in [5, 5.41) is 0. The first kappa shape index (κ1) is 14.4. The van der Waals surface area contributed by atoms with Crippen molar-refractivity contribution in [3.8, 4) is 0 Å². The van der Waals surface area contributed by atoms with Gasteiger partial charge in [-0.1, -0.05) is 25.2 Å². The summed E-state index contributed by atoms with van der Waals surface area (Å²) in [5.74, 6) is 1.85. The van der Waals surface area contributed by atoms with Gasteiger partial charge in [-0.3, -0.25) is 0 Å². The minimum atomic E-state index is 0.808. The van der Waals surface area contributed by atoms with Crippen molar-refractivity contribution in [3.63, 3.8) is 0 Å². The summed E-state index contributed by atoms with van der Waals surface area (Å²) < 4.78 is 3.94. The van der Waals surface area contributed by atoms with E-state index in [2.05, 4.69) is 28.7 Å². The molecule has 104 valence electrons. The van der Waals surface area contributed by atoms with Crippen LogP contribution in [0.15, 0.2) is 0 Å². The number of rotatable bonds is 5. The molecule has 0 aliphatic heterocycles. The van der Waals surface area contributed by atoms with E-state index >= 15 is 0 Å². The van der Waals surface area contributed by atoms with Crippen LogP contribution in [0.5, 0.6) is 0 Å². The lowest BCUT2D eigenvalue weighted by molar-refractivity contribution is 0.734. The first-order valence-electron chi connectivity index (χ1n) is 6.67. The summed E-state index contributed by atoms with van der Waals surface area (Å²) in [6.45, 7) is 8.38. The third-order valence-electron chi connectivity index (χ3n) is 3.01. The second-order valence-corrected chi connectivity index (χ2v) is 6.31. The maximum absolute atomic E-state index is 5.37. The standard InChI is InChI=1S/C13H20N4S2/c1-5-7-17(8-6-2)12-10-11(14-9(3)15-12)16(4)13(18)19-10/h5-8H2,1-4H3. The molecule has 0 unspecified atom stereocenters. The van der Waals surface area contributed by atoms with E-state index in [1.54, 1.807) is 11.3 Å². The highest BCUT2D eigenvalue weighted by Gasteiger charge is 2.16. The third kappa shape index (κ3) is 2.79. The van der Waals surface area contributed by atoms with Crippen molar-refractivity contribution in [2.24, 2.45) is 7.05 Å². The number of fused-ring (bicyclic) bond motifs is 1. The average Bonchev–Trinajstić information content (AvgIpc) is 2.65. The second kappa shape index (κ2) is 5.96. The quantitative estimate of drug-likeness (QED) is 0.788. The fourth-order valence-corrected chi connectivity index (χ4v) is 3.45. The fourth-order valence-electron chi connectivity index (χ4n) is 2.17. The summed E-state index contributed by atoms with van der Waals surface area (Å²) in [4.78, 5) is 11.5. The van der Waals surface area contributed by atoms with E-state index in [1.165, 1.54) is 0 Å². The van der Waals surface area contributed by atoms with Gasteiger partial charge in [0, 0.05) is 20.1 Å². The summed E-state index contributed by atoms with van der Waals surface area (Å²) in [6.07, 6.45) is 2.23. The molecule has 19 heavy (non-hydrogen) atoms. The van der Waals surface area contributed by atoms with Crippen LogP contribution in [0, 0.1) is 10.9 Å². The first-order valence-corrected chi connectivity index (χ1v) is 7.90. The zero-order valence-electron chi connectivity index (χ0n) is 11.9. The molecule has 0 bridgehead atoms. The Bertz CT molecular complexity index is 623. The van der Waals surface area contributed by atoms with Crippen LogP contribution in [0.4, 0.5) is 5.82 Å². The first-order chi connectivity index (χ1) is 9.08. The number of aromatic nitrogens is 3. The largest absolute Gasteiger partial charge is 0.355 e. The molecule has 0 aliphatic rings. The zero-order chi connectivity index (χ0) is 14.0. The molecular weight excluding hydrogens is 276 g/mol. The van der Waals surface area contributed by atoms with Gasteiger partial charge in [0.25, 0.3) is 0 Å². The van der Waals surface area contributed by atoms with Crippen LogP contribution < -0.4 is 4.90 Å². The second-order valence-electron chi connectivity index (χ2n) is 4.66. The Labute approximate surface area is 123 Å². The predicted octanol–water partition coefficient (Wildman–Crippen LogP) is 3.69. The van der Waals surface area contributed by atoms with Gasteiger partial charge in [-0.15, -0.1) is 0 Å². The number of thiazole rings is 1. The molecular formula is C13H20N4S2. The van der Waals surface area contributed by atoms with Crippen molar-refractivity contribution < 1.29 is 0 Å². The molecule has 0 atom stereocenters. The van der Waals surface area contributed by atoms with Crippen LogP contribution in [0.3, 0.4) is 0 Å². The summed E-state index contributed by atoms with van der Waals surface area (Å²) in [5.41, 5.74) is 0.953. The monoisotopic (exact) mass is 296 g/mol. The summed E-state index contributed by atoms with van der Waals surface area (Å²) >= 11 is 6.97. The molecule has 0 radical (unpaired) electrons. The summed E-state index contributed by atoms with van der Waals surface area (Å²) in [6, 6.07) is 0. The van der Waals surface area contributed by atoms with Gasteiger partial charge in [-0.05, 0) is 32.0 Å². The topological polar surface area (TPSA) is 34.0 Å². The molecule has 0 aliphatic carbocycles. The molecule has 0 N–H and O–H groups in total. The molecule has 0 fully saturated rings. The van der Waals surface area contributed by atoms with Crippen LogP contribution in [-0.4, -0.2) is 27.6 Å². The molecule has 0 saturated heterocycles. The van der Waals surface area contributed by atoms with Crippen LogP contribution >= 0.6 is 23.6 Å². The normalized spacial score (nSPS) is 11.2. The molecule has 2 heterocycles. The van der Waals surface area contributed by atoms with E-state index in [4.69, 9.17) is 12.2 Å². The van der Waals surface area contributed by atoms with Crippen LogP contribution in [-0.2, 0) is 7.05 Å². The predicted molar refractivity (Wildman–Crippen MR) is 84.8 cm³/mol. The van der Waals surface area contributed by atoms with Crippen LogP contribution in [0.1, 0.15) is 32.5 Å². The fraction of sp³-hybridized carbons (Fsp3) is 0.615. The van der Waals surface area contributed by atoms with Gasteiger partial charge in [0.1, 0.15) is 10.5 Å². The van der Waals surface area contributed by atoms with Crippen LogP contribution in [0.25, 0.3) is 10.3 Å². The highest BCUT2D eigenvalue weighted by molar-refractivity contribution is 7.73. The van der Waals surface area contributed by atoms with Gasteiger partial charge in [-0.2, -0.15) is 0 Å². The molecule has 4 nitrogen and oxygen atoms in total. The summed E-state index contributed by atoms with van der Waals surface area (Å²) in [7, 11) is 1.97. The Morgan fingerprint density at radius 3 is 2.42 bits per heavy atom. The molecule has 6 heteroatoms. The van der Waals surface area contributed by atoms with E-state index in [9.17, 15) is 0 Å². The number of hydrogen-bond acceptors (Lipinski definition) is 5. The lowest BCUT2D eigenvalue weighted by Gasteiger charge is -2.23. The van der Waals surface area contributed by atoms with Crippen LogP contribution in [0.2, 0.25) is 0 Å². The third-order valence-corrected chi connectivity index (χ3v) is 4.55. The lowest BCUT2D eigenvalue weighted by Crippen LogP contribution is -2.26. The Hall–Kier alpha value is -1.01. The SMILES string of the molecule is CCCN(CCC)c1nc(C)nc2c1sc(=S)n2C. The Kier molecular flexibility index (Phi) is 4.52. The smallest absolute Gasteiger partial charge is 0.163 e. The molecule has 0 spiro atoms. The van der Waals surface area contributed by atoms with Crippen molar-refractivity contribution in [2.45, 2.75) is 33.6 Å². The number of anilines is 1. The van der Waals surface area contributed by atoms with Gasteiger partial charge in [-0.25, -0.2) is 9.97 Å². The van der Waals surface area contributed by atoms with Crippen molar-refractivity contribution >= 4 is 39.7 Å². The Balaban J connectivity index is 2.63. The number of aryl methyl sites for hydroxylation is 2. The number of hydrogen-bond donors (Lipinski definition) is 0. The average molecular weight is 296 g/mol. The van der Waals surface area contributed by atoms with E-state index in [1.807, 2.05) is 18.5 Å². The molecule has 2 rings (SSSR count). The highest BCUT2D eigenvalue weighted by Crippen LogP contribution is 2.29. The van der Waals surface area contributed by atoms with E-state index < -0.39 is 0 Å². The molecule has 2 aromatic rings. The van der Waals surface area contributed by atoms with Crippen molar-refractivity contribution in [3.05, 3.63) is 9.78 Å². The van der Waals surface area contributed by atoms with E-state index in [-0.39, 0.29) is 0 Å². The maximum atomic E-state index is 5.37. The van der Waals surface area contributed by atoms with Gasteiger partial charge in [0.05, 0.1) is 0 Å².